The topological polar surface area (TPSA) is 56.3 Å². The smallest absolute Gasteiger partial charge is 0.232 e. The third-order valence-electron chi connectivity index (χ3n) is 8.80. The van der Waals surface area contributed by atoms with Crippen LogP contribution < -0.4 is 20.4 Å². The molecule has 2 saturated heterocycles. The second-order valence-corrected chi connectivity index (χ2v) is 12.5. The standard InChI is InChI=1S/C30H43ClN6S/c1-23-12-18-37(19-13-23)27-21-26(36-16-7-2-3-8-17-36)33-28(34-27)35-29(38)32-22-30(14-5-4-6-15-30)24-10-9-11-25(31)20-24/h9-11,20-21,23H,2-8,12-19,22H2,1H3,(H2,32,33,34,35,38). The Labute approximate surface area is 238 Å². The largest absolute Gasteiger partial charge is 0.361 e. The number of anilines is 3. The number of rotatable bonds is 6. The Morgan fingerprint density at radius 3 is 2.21 bits per heavy atom. The van der Waals surface area contributed by atoms with Gasteiger partial charge in [0.1, 0.15) is 11.6 Å². The number of halogens is 1. The maximum absolute atomic E-state index is 6.39. The maximum atomic E-state index is 6.39. The van der Waals surface area contributed by atoms with E-state index in [1.165, 1.54) is 63.4 Å². The quantitative estimate of drug-likeness (QED) is 0.375. The molecule has 5 rings (SSSR count). The third-order valence-corrected chi connectivity index (χ3v) is 9.28. The molecule has 0 spiro atoms. The van der Waals surface area contributed by atoms with Gasteiger partial charge in [0.2, 0.25) is 5.95 Å². The summed E-state index contributed by atoms with van der Waals surface area (Å²) in [4.78, 5) is 14.8. The summed E-state index contributed by atoms with van der Waals surface area (Å²) < 4.78 is 0. The van der Waals surface area contributed by atoms with Crippen LogP contribution in [0.25, 0.3) is 0 Å². The van der Waals surface area contributed by atoms with Crippen LogP contribution in [0, 0.1) is 5.92 Å². The highest BCUT2D eigenvalue weighted by Gasteiger charge is 2.34. The molecule has 2 N–H and O–H groups in total. The molecule has 0 radical (unpaired) electrons. The molecule has 1 aromatic heterocycles. The van der Waals surface area contributed by atoms with Crippen molar-refractivity contribution < 1.29 is 0 Å². The number of aromatic nitrogens is 2. The van der Waals surface area contributed by atoms with E-state index in [4.69, 9.17) is 33.8 Å². The van der Waals surface area contributed by atoms with Crippen LogP contribution in [0.4, 0.5) is 17.6 Å². The Morgan fingerprint density at radius 2 is 1.55 bits per heavy atom. The zero-order valence-electron chi connectivity index (χ0n) is 22.9. The van der Waals surface area contributed by atoms with Gasteiger partial charge in [0, 0.05) is 49.2 Å². The molecule has 3 aliphatic rings. The van der Waals surface area contributed by atoms with E-state index in [0.29, 0.717) is 11.1 Å². The molecule has 8 heteroatoms. The highest BCUT2D eigenvalue weighted by atomic mass is 35.5. The van der Waals surface area contributed by atoms with Crippen molar-refractivity contribution in [2.24, 2.45) is 5.92 Å². The molecular formula is C30H43ClN6S. The summed E-state index contributed by atoms with van der Waals surface area (Å²) in [5, 5.41) is 8.29. The van der Waals surface area contributed by atoms with Crippen LogP contribution >= 0.6 is 23.8 Å². The molecule has 0 amide bonds. The average Bonchev–Trinajstić information content (AvgIpc) is 3.23. The van der Waals surface area contributed by atoms with E-state index in [0.717, 1.165) is 68.1 Å². The number of hydrogen-bond donors (Lipinski definition) is 2. The third kappa shape index (κ3) is 6.90. The summed E-state index contributed by atoms with van der Waals surface area (Å²) >= 11 is 12.2. The van der Waals surface area contributed by atoms with Gasteiger partial charge in [-0.1, -0.05) is 62.8 Å². The number of hydrogen-bond acceptors (Lipinski definition) is 5. The zero-order chi connectivity index (χ0) is 26.4. The van der Waals surface area contributed by atoms with Gasteiger partial charge in [-0.3, -0.25) is 0 Å². The normalized spacial score (nSPS) is 20.6. The lowest BCUT2D eigenvalue weighted by atomic mass is 9.69. The molecule has 0 bridgehead atoms. The fraction of sp³-hybridized carbons (Fsp3) is 0.633. The van der Waals surface area contributed by atoms with Gasteiger partial charge < -0.3 is 20.4 Å². The van der Waals surface area contributed by atoms with Gasteiger partial charge in [0.15, 0.2) is 5.11 Å². The first-order valence-corrected chi connectivity index (χ1v) is 15.5. The number of piperidine rings is 1. The van der Waals surface area contributed by atoms with Crippen LogP contribution in [0.3, 0.4) is 0 Å². The molecule has 0 unspecified atom stereocenters. The molecule has 0 atom stereocenters. The lowest BCUT2D eigenvalue weighted by Crippen LogP contribution is -2.43. The fourth-order valence-electron chi connectivity index (χ4n) is 6.35. The first-order valence-electron chi connectivity index (χ1n) is 14.7. The molecule has 206 valence electrons. The van der Waals surface area contributed by atoms with Crippen molar-refractivity contribution in [2.45, 2.75) is 83.0 Å². The van der Waals surface area contributed by atoms with Gasteiger partial charge in [-0.05, 0) is 74.4 Å². The first-order chi connectivity index (χ1) is 18.5. The van der Waals surface area contributed by atoms with Crippen LogP contribution in [0.15, 0.2) is 30.3 Å². The molecule has 3 heterocycles. The van der Waals surface area contributed by atoms with E-state index in [9.17, 15) is 0 Å². The minimum absolute atomic E-state index is 0.0410. The van der Waals surface area contributed by atoms with Gasteiger partial charge in [0.05, 0.1) is 0 Å². The van der Waals surface area contributed by atoms with Crippen molar-refractivity contribution in [2.75, 3.05) is 47.8 Å². The molecular weight excluding hydrogens is 512 g/mol. The summed E-state index contributed by atoms with van der Waals surface area (Å²) in [5.74, 6) is 3.40. The summed E-state index contributed by atoms with van der Waals surface area (Å²) in [7, 11) is 0. The van der Waals surface area contributed by atoms with Crippen molar-refractivity contribution >= 4 is 46.5 Å². The molecule has 1 aliphatic carbocycles. The van der Waals surface area contributed by atoms with Gasteiger partial charge in [-0.25, -0.2) is 0 Å². The minimum Gasteiger partial charge on any atom is -0.361 e. The van der Waals surface area contributed by atoms with E-state index in [1.54, 1.807) is 0 Å². The van der Waals surface area contributed by atoms with E-state index < -0.39 is 0 Å². The lowest BCUT2D eigenvalue weighted by Gasteiger charge is -2.38. The van der Waals surface area contributed by atoms with Crippen LogP contribution in [-0.4, -0.2) is 47.8 Å². The Kier molecular flexibility index (Phi) is 9.26. The summed E-state index contributed by atoms with van der Waals surface area (Å²) in [5.41, 5.74) is 1.35. The highest BCUT2D eigenvalue weighted by molar-refractivity contribution is 7.80. The SMILES string of the molecule is CC1CCN(c2cc(N3CCCCCC3)nc(NC(=S)NCC3(c4cccc(Cl)c4)CCCCC3)n2)CC1. The second-order valence-electron chi connectivity index (χ2n) is 11.6. The molecule has 2 aliphatic heterocycles. The van der Waals surface area contributed by atoms with Crippen molar-refractivity contribution in [1.29, 1.82) is 0 Å². The van der Waals surface area contributed by atoms with Gasteiger partial charge in [0.25, 0.3) is 0 Å². The predicted molar refractivity (Wildman–Crippen MR) is 164 cm³/mol. The molecule has 2 aromatic rings. The Bertz CT molecular complexity index is 1070. The molecule has 38 heavy (non-hydrogen) atoms. The van der Waals surface area contributed by atoms with E-state index in [1.807, 2.05) is 6.07 Å². The van der Waals surface area contributed by atoms with Crippen LogP contribution in [0.2, 0.25) is 5.02 Å². The van der Waals surface area contributed by atoms with Crippen molar-refractivity contribution in [3.8, 4) is 0 Å². The van der Waals surface area contributed by atoms with Crippen molar-refractivity contribution in [3.63, 3.8) is 0 Å². The van der Waals surface area contributed by atoms with Crippen LogP contribution in [0.1, 0.15) is 83.1 Å². The predicted octanol–water partition coefficient (Wildman–Crippen LogP) is 6.94. The minimum atomic E-state index is 0.0410. The summed E-state index contributed by atoms with van der Waals surface area (Å²) in [6.45, 7) is 7.32. The van der Waals surface area contributed by atoms with E-state index >= 15 is 0 Å². The fourth-order valence-corrected chi connectivity index (χ4v) is 6.70. The molecule has 1 saturated carbocycles. The first kappa shape index (κ1) is 27.4. The van der Waals surface area contributed by atoms with E-state index in [-0.39, 0.29) is 5.41 Å². The Balaban J connectivity index is 1.32. The average molecular weight is 555 g/mol. The lowest BCUT2D eigenvalue weighted by molar-refractivity contribution is 0.292. The number of nitrogens with one attached hydrogen (secondary N) is 2. The van der Waals surface area contributed by atoms with Crippen LogP contribution in [0.5, 0.6) is 0 Å². The van der Waals surface area contributed by atoms with E-state index in [2.05, 4.69) is 51.6 Å². The monoisotopic (exact) mass is 554 g/mol. The molecule has 3 fully saturated rings. The number of benzene rings is 1. The summed E-state index contributed by atoms with van der Waals surface area (Å²) in [6.07, 6.45) is 13.5. The molecule has 1 aromatic carbocycles. The highest BCUT2D eigenvalue weighted by Crippen LogP contribution is 2.39. The van der Waals surface area contributed by atoms with Crippen LogP contribution in [-0.2, 0) is 5.41 Å². The van der Waals surface area contributed by atoms with Crippen molar-refractivity contribution in [1.82, 2.24) is 15.3 Å². The Hall–Kier alpha value is -2.12. The Morgan fingerprint density at radius 1 is 0.921 bits per heavy atom. The zero-order valence-corrected chi connectivity index (χ0v) is 24.4. The second kappa shape index (κ2) is 12.8. The summed E-state index contributed by atoms with van der Waals surface area (Å²) in [6, 6.07) is 10.6. The van der Waals surface area contributed by atoms with Gasteiger partial charge in [-0.15, -0.1) is 0 Å². The maximum Gasteiger partial charge on any atom is 0.232 e. The molecule has 6 nitrogen and oxygen atoms in total. The number of thiocarbonyl (C=S) groups is 1. The van der Waals surface area contributed by atoms with Crippen molar-refractivity contribution in [3.05, 3.63) is 40.9 Å². The van der Waals surface area contributed by atoms with Gasteiger partial charge >= 0.3 is 0 Å². The number of nitrogens with zero attached hydrogens (tertiary/aromatic N) is 4. The van der Waals surface area contributed by atoms with Gasteiger partial charge in [-0.2, -0.15) is 9.97 Å².